The first-order chi connectivity index (χ1) is 13.4. The fourth-order valence-corrected chi connectivity index (χ4v) is 4.16. The fourth-order valence-electron chi connectivity index (χ4n) is 2.91. The molecule has 4 rings (SSSR count). The van der Waals surface area contributed by atoms with Gasteiger partial charge in [0, 0.05) is 25.1 Å². The lowest BCUT2D eigenvalue weighted by Crippen LogP contribution is -2.18. The molecule has 0 bridgehead atoms. The monoisotopic (exact) mass is 402 g/mol. The van der Waals surface area contributed by atoms with Gasteiger partial charge in [-0.1, -0.05) is 0 Å². The number of carbonyl (C=O) groups excluding carboxylic acids is 1. The largest absolute Gasteiger partial charge is 0.486 e. The summed E-state index contributed by atoms with van der Waals surface area (Å²) in [6, 6.07) is 9.52. The van der Waals surface area contributed by atoms with Crippen LogP contribution in [0.25, 0.3) is 11.1 Å². The molecule has 28 heavy (non-hydrogen) atoms. The van der Waals surface area contributed by atoms with Gasteiger partial charge in [-0.25, -0.2) is 13.4 Å². The van der Waals surface area contributed by atoms with Gasteiger partial charge < -0.3 is 19.2 Å². The van der Waals surface area contributed by atoms with Gasteiger partial charge in [0.05, 0.1) is 10.6 Å². The number of nitrogens with zero attached hydrogens (tertiary/aromatic N) is 1. The molecule has 1 aliphatic rings. The van der Waals surface area contributed by atoms with E-state index in [9.17, 15) is 13.2 Å². The van der Waals surface area contributed by atoms with Crippen molar-refractivity contribution in [2.45, 2.75) is 18.2 Å². The first-order valence-electron chi connectivity index (χ1n) is 8.70. The standard InChI is InChI=1S/C19H18N2O6S/c1-12-20-15-10-13(2-4-16(15)27-12)21-19(22)6-9-28(23,24)14-3-5-17-18(11-14)26-8-7-25-17/h2-5,10-11H,6-9H2,1H3,(H,21,22). The number of fused-ring (bicyclic) bond motifs is 2. The molecular formula is C19H18N2O6S. The van der Waals surface area contributed by atoms with Gasteiger partial charge in [0.2, 0.25) is 5.91 Å². The molecule has 3 aromatic rings. The highest BCUT2D eigenvalue weighted by molar-refractivity contribution is 7.91. The Morgan fingerprint density at radius 3 is 2.71 bits per heavy atom. The number of aryl methyl sites for hydroxylation is 1. The Bertz CT molecular complexity index is 1150. The molecule has 0 saturated carbocycles. The lowest BCUT2D eigenvalue weighted by atomic mass is 10.3. The first-order valence-corrected chi connectivity index (χ1v) is 10.4. The number of amides is 1. The average Bonchev–Trinajstić information content (AvgIpc) is 3.05. The molecule has 0 fully saturated rings. The third-order valence-corrected chi connectivity index (χ3v) is 5.96. The van der Waals surface area contributed by atoms with Gasteiger partial charge >= 0.3 is 0 Å². The van der Waals surface area contributed by atoms with Gasteiger partial charge in [-0.3, -0.25) is 4.79 Å². The van der Waals surface area contributed by atoms with E-state index in [1.165, 1.54) is 12.1 Å². The van der Waals surface area contributed by atoms with E-state index in [4.69, 9.17) is 13.9 Å². The predicted octanol–water partition coefficient (Wildman–Crippen LogP) is 2.71. The van der Waals surface area contributed by atoms with Crippen LogP contribution in [0.15, 0.2) is 45.7 Å². The van der Waals surface area contributed by atoms with Crippen LogP contribution >= 0.6 is 0 Å². The summed E-state index contributed by atoms with van der Waals surface area (Å²) in [5.74, 6) is 0.725. The van der Waals surface area contributed by atoms with Gasteiger partial charge in [0.15, 0.2) is 32.8 Å². The Labute approximate surface area is 161 Å². The summed E-state index contributed by atoms with van der Waals surface area (Å²) in [6.07, 6.45) is -0.174. The van der Waals surface area contributed by atoms with Gasteiger partial charge in [0.1, 0.15) is 18.7 Å². The maximum Gasteiger partial charge on any atom is 0.225 e. The molecule has 0 saturated heterocycles. The predicted molar refractivity (Wildman–Crippen MR) is 101 cm³/mol. The van der Waals surface area contributed by atoms with Crippen LogP contribution in [-0.2, 0) is 14.6 Å². The van der Waals surface area contributed by atoms with Gasteiger partial charge in [-0.05, 0) is 30.3 Å². The summed E-state index contributed by atoms with van der Waals surface area (Å²) >= 11 is 0. The van der Waals surface area contributed by atoms with Crippen LogP contribution in [0.2, 0.25) is 0 Å². The number of oxazole rings is 1. The Morgan fingerprint density at radius 2 is 1.89 bits per heavy atom. The molecule has 1 aliphatic heterocycles. The molecule has 2 aromatic carbocycles. The van der Waals surface area contributed by atoms with Crippen LogP contribution in [0.4, 0.5) is 5.69 Å². The van der Waals surface area contributed by atoms with Crippen molar-refractivity contribution in [2.75, 3.05) is 24.3 Å². The van der Waals surface area contributed by atoms with Gasteiger partial charge in [0.25, 0.3) is 0 Å². The lowest BCUT2D eigenvalue weighted by Gasteiger charge is -2.18. The minimum atomic E-state index is -3.64. The SMILES string of the molecule is Cc1nc2cc(NC(=O)CCS(=O)(=O)c3ccc4c(c3)OCCO4)ccc2o1. The number of carbonyl (C=O) groups is 1. The van der Waals surface area contributed by atoms with Crippen molar-refractivity contribution in [3.63, 3.8) is 0 Å². The number of sulfone groups is 1. The van der Waals surface area contributed by atoms with Gasteiger partial charge in [-0.15, -0.1) is 0 Å². The normalized spacial score (nSPS) is 13.5. The van der Waals surface area contributed by atoms with Crippen molar-refractivity contribution in [3.05, 3.63) is 42.3 Å². The second-order valence-electron chi connectivity index (χ2n) is 6.34. The molecule has 1 aromatic heterocycles. The Balaban J connectivity index is 1.41. The minimum absolute atomic E-state index is 0.101. The number of ether oxygens (including phenoxy) is 2. The zero-order chi connectivity index (χ0) is 19.7. The molecule has 0 unspecified atom stereocenters. The molecule has 8 nitrogen and oxygen atoms in total. The van der Waals surface area contributed by atoms with Crippen LogP contribution in [0, 0.1) is 6.92 Å². The van der Waals surface area contributed by atoms with Crippen molar-refractivity contribution in [1.29, 1.82) is 0 Å². The summed E-state index contributed by atoms with van der Waals surface area (Å²) in [5, 5.41) is 2.69. The fraction of sp³-hybridized carbons (Fsp3) is 0.263. The topological polar surface area (TPSA) is 108 Å². The molecular weight excluding hydrogens is 384 g/mol. The van der Waals surface area contributed by atoms with Crippen molar-refractivity contribution >= 4 is 32.5 Å². The first kappa shape index (κ1) is 18.3. The molecule has 1 amide bonds. The minimum Gasteiger partial charge on any atom is -0.486 e. The third kappa shape index (κ3) is 3.79. The average molecular weight is 402 g/mol. The second-order valence-corrected chi connectivity index (χ2v) is 8.45. The van der Waals surface area contributed by atoms with Crippen LogP contribution in [0.5, 0.6) is 11.5 Å². The molecule has 0 atom stereocenters. The smallest absolute Gasteiger partial charge is 0.225 e. The molecule has 1 N–H and O–H groups in total. The highest BCUT2D eigenvalue weighted by atomic mass is 32.2. The lowest BCUT2D eigenvalue weighted by molar-refractivity contribution is -0.115. The van der Waals surface area contributed by atoms with E-state index in [-0.39, 0.29) is 17.1 Å². The van der Waals surface area contributed by atoms with Crippen molar-refractivity contribution < 1.29 is 27.1 Å². The molecule has 146 valence electrons. The zero-order valence-corrected chi connectivity index (χ0v) is 15.9. The van der Waals surface area contributed by atoms with E-state index < -0.39 is 15.7 Å². The highest BCUT2D eigenvalue weighted by Crippen LogP contribution is 2.32. The molecule has 0 radical (unpaired) electrons. The van der Waals surface area contributed by atoms with Crippen molar-refractivity contribution in [1.82, 2.24) is 4.98 Å². The Kier molecular flexibility index (Phi) is 4.68. The molecule has 0 spiro atoms. The molecule has 9 heteroatoms. The Hall–Kier alpha value is -3.07. The van der Waals surface area contributed by atoms with Crippen LogP contribution in [0.3, 0.4) is 0 Å². The van der Waals surface area contributed by atoms with Crippen LogP contribution < -0.4 is 14.8 Å². The molecule has 2 heterocycles. The van der Waals surface area contributed by atoms with E-state index >= 15 is 0 Å². The summed E-state index contributed by atoms with van der Waals surface area (Å²) < 4.78 is 41.3. The maximum atomic E-state index is 12.6. The van der Waals surface area contributed by atoms with E-state index in [2.05, 4.69) is 10.3 Å². The van der Waals surface area contributed by atoms with E-state index in [1.807, 2.05) is 0 Å². The van der Waals surface area contributed by atoms with E-state index in [0.29, 0.717) is 47.4 Å². The van der Waals surface area contributed by atoms with Crippen LogP contribution in [-0.4, -0.2) is 38.3 Å². The van der Waals surface area contributed by atoms with Crippen molar-refractivity contribution in [2.24, 2.45) is 0 Å². The zero-order valence-electron chi connectivity index (χ0n) is 15.1. The Morgan fingerprint density at radius 1 is 1.11 bits per heavy atom. The summed E-state index contributed by atoms with van der Waals surface area (Å²) in [4.78, 5) is 16.5. The third-order valence-electron chi connectivity index (χ3n) is 4.25. The number of anilines is 1. The number of hydrogen-bond donors (Lipinski definition) is 1. The number of rotatable bonds is 5. The van der Waals surface area contributed by atoms with Gasteiger partial charge in [-0.2, -0.15) is 0 Å². The second kappa shape index (κ2) is 7.16. The quantitative estimate of drug-likeness (QED) is 0.699. The van der Waals surface area contributed by atoms with Crippen LogP contribution in [0.1, 0.15) is 12.3 Å². The van der Waals surface area contributed by atoms with Crippen molar-refractivity contribution in [3.8, 4) is 11.5 Å². The molecule has 0 aliphatic carbocycles. The van der Waals surface area contributed by atoms with E-state index in [0.717, 1.165) is 0 Å². The summed E-state index contributed by atoms with van der Waals surface area (Å²) in [7, 11) is -3.64. The number of aromatic nitrogens is 1. The highest BCUT2D eigenvalue weighted by Gasteiger charge is 2.20. The number of nitrogens with one attached hydrogen (secondary N) is 1. The summed E-state index contributed by atoms with van der Waals surface area (Å²) in [6.45, 7) is 2.54. The van der Waals surface area contributed by atoms with E-state index in [1.54, 1.807) is 31.2 Å². The number of hydrogen-bond acceptors (Lipinski definition) is 7. The maximum absolute atomic E-state index is 12.6. The summed E-state index contributed by atoms with van der Waals surface area (Å²) in [5.41, 5.74) is 1.78. The number of benzene rings is 2.